The number of nitrogens with one attached hydrogen (secondary N) is 1. The summed E-state index contributed by atoms with van der Waals surface area (Å²) in [5.41, 5.74) is 1.29. The van der Waals surface area contributed by atoms with Gasteiger partial charge in [0.05, 0.1) is 26.9 Å². The largest absolute Gasteiger partial charge is 0.333 e. The van der Waals surface area contributed by atoms with Gasteiger partial charge in [-0.25, -0.2) is 4.98 Å². The lowest BCUT2D eigenvalue weighted by atomic mass is 10.2. The third-order valence-corrected chi connectivity index (χ3v) is 4.42. The minimum absolute atomic E-state index is 0.252. The number of nitro groups is 2. The van der Waals surface area contributed by atoms with Crippen LogP contribution in [0.15, 0.2) is 41.6 Å². The summed E-state index contributed by atoms with van der Waals surface area (Å²) in [4.78, 5) is 28.0. The number of hydrogen-bond acceptors (Lipinski definition) is 6. The van der Waals surface area contributed by atoms with Crippen LogP contribution in [0.25, 0.3) is 11.0 Å². The number of thioether (sulfide) groups is 1. The molecular weight excluding hydrogens is 356 g/mol. The van der Waals surface area contributed by atoms with E-state index in [2.05, 4.69) is 9.97 Å². The molecule has 0 radical (unpaired) electrons. The van der Waals surface area contributed by atoms with E-state index in [0.29, 0.717) is 15.7 Å². The summed E-state index contributed by atoms with van der Waals surface area (Å²) < 4.78 is 0. The summed E-state index contributed by atoms with van der Waals surface area (Å²) in [7, 11) is 0. The number of hydrogen-bond donors (Lipinski definition) is 1. The van der Waals surface area contributed by atoms with Crippen molar-refractivity contribution < 1.29 is 9.85 Å². The lowest BCUT2D eigenvalue weighted by Gasteiger charge is -2.01. The van der Waals surface area contributed by atoms with E-state index in [-0.39, 0.29) is 17.1 Å². The fraction of sp³-hybridized carbons (Fsp3) is 0.0714. The van der Waals surface area contributed by atoms with Crippen molar-refractivity contribution in [2.45, 2.75) is 10.9 Å². The quantitative estimate of drug-likeness (QED) is 0.409. The van der Waals surface area contributed by atoms with Crippen molar-refractivity contribution in [1.29, 1.82) is 0 Å². The molecule has 0 spiro atoms. The molecule has 0 amide bonds. The first-order chi connectivity index (χ1) is 11.4. The molecule has 0 unspecified atom stereocenters. The topological polar surface area (TPSA) is 115 Å². The number of aromatic amines is 1. The van der Waals surface area contributed by atoms with Gasteiger partial charge in [0.1, 0.15) is 0 Å². The third-order valence-electron chi connectivity index (χ3n) is 3.26. The highest BCUT2D eigenvalue weighted by Crippen LogP contribution is 2.30. The Bertz CT molecular complexity index is 959. The zero-order valence-electron chi connectivity index (χ0n) is 11.9. The molecule has 1 N–H and O–H groups in total. The van der Waals surface area contributed by atoms with Crippen molar-refractivity contribution in [3.05, 3.63) is 67.2 Å². The molecular formula is C14H9ClN4O4S. The lowest BCUT2D eigenvalue weighted by molar-refractivity contribution is -0.394. The highest BCUT2D eigenvalue weighted by Gasteiger charge is 2.19. The monoisotopic (exact) mass is 364 g/mol. The van der Waals surface area contributed by atoms with E-state index in [1.807, 2.05) is 0 Å². The van der Waals surface area contributed by atoms with Gasteiger partial charge in [0.15, 0.2) is 5.16 Å². The van der Waals surface area contributed by atoms with Gasteiger partial charge in [-0.1, -0.05) is 23.4 Å². The number of benzene rings is 2. The Hall–Kier alpha value is -2.65. The lowest BCUT2D eigenvalue weighted by Crippen LogP contribution is -1.97. The maximum atomic E-state index is 11.1. The number of nitrogens with zero attached hydrogens (tertiary/aromatic N) is 3. The van der Waals surface area contributed by atoms with E-state index >= 15 is 0 Å². The molecule has 24 heavy (non-hydrogen) atoms. The smallest absolute Gasteiger partial charge is 0.280 e. The second-order valence-corrected chi connectivity index (χ2v) is 6.22. The summed E-state index contributed by atoms with van der Waals surface area (Å²) in [6.07, 6.45) is 0. The zero-order chi connectivity index (χ0) is 17.3. The maximum Gasteiger partial charge on any atom is 0.280 e. The average molecular weight is 365 g/mol. The Kier molecular flexibility index (Phi) is 4.36. The molecule has 0 aliphatic rings. The van der Waals surface area contributed by atoms with E-state index in [4.69, 9.17) is 11.6 Å². The van der Waals surface area contributed by atoms with Gasteiger partial charge in [0.25, 0.3) is 11.4 Å². The van der Waals surface area contributed by atoms with Gasteiger partial charge < -0.3 is 4.98 Å². The predicted molar refractivity (Wildman–Crippen MR) is 90.4 cm³/mol. The predicted octanol–water partition coefficient (Wildman–Crippen LogP) is 4.33. The van der Waals surface area contributed by atoms with Crippen molar-refractivity contribution in [1.82, 2.24) is 9.97 Å². The van der Waals surface area contributed by atoms with Crippen LogP contribution in [0.2, 0.25) is 5.02 Å². The zero-order valence-corrected chi connectivity index (χ0v) is 13.5. The van der Waals surface area contributed by atoms with Crippen LogP contribution in [0.5, 0.6) is 0 Å². The number of nitro benzene ring substituents is 2. The van der Waals surface area contributed by atoms with Gasteiger partial charge in [0.2, 0.25) is 0 Å². The molecule has 0 aliphatic carbocycles. The molecule has 0 saturated carbocycles. The molecule has 0 saturated heterocycles. The summed E-state index contributed by atoms with van der Waals surface area (Å²) in [5, 5.41) is 23.0. The number of H-pyrrole nitrogens is 1. The molecule has 8 nitrogen and oxygen atoms in total. The summed E-state index contributed by atoms with van der Waals surface area (Å²) in [6, 6.07) is 8.84. The highest BCUT2D eigenvalue weighted by molar-refractivity contribution is 7.98. The Labute approximate surface area is 144 Å². The number of aromatic nitrogens is 2. The highest BCUT2D eigenvalue weighted by atomic mass is 35.5. The first-order valence-corrected chi connectivity index (χ1v) is 8.00. The van der Waals surface area contributed by atoms with E-state index in [1.165, 1.54) is 23.9 Å². The number of imidazole rings is 1. The first-order valence-electron chi connectivity index (χ1n) is 6.64. The second kappa shape index (κ2) is 6.46. The molecule has 0 fully saturated rings. The maximum absolute atomic E-state index is 11.1. The van der Waals surface area contributed by atoms with E-state index < -0.39 is 9.85 Å². The molecule has 2 aromatic carbocycles. The molecule has 10 heteroatoms. The SMILES string of the molecule is O=[N+]([O-])c1ccc(CSc2nc3ccc(Cl)cc3[nH]2)c([N+](=O)[O-])c1. The van der Waals surface area contributed by atoms with Crippen LogP contribution in [-0.2, 0) is 5.75 Å². The summed E-state index contributed by atoms with van der Waals surface area (Å²) in [5.74, 6) is 0.252. The Morgan fingerprint density at radius 2 is 1.92 bits per heavy atom. The van der Waals surface area contributed by atoms with Crippen molar-refractivity contribution >= 4 is 45.8 Å². The summed E-state index contributed by atoms with van der Waals surface area (Å²) in [6.45, 7) is 0. The molecule has 1 heterocycles. The number of non-ortho nitro benzene ring substituents is 1. The fourth-order valence-corrected chi connectivity index (χ4v) is 3.18. The van der Waals surface area contributed by atoms with Crippen LogP contribution in [0.4, 0.5) is 11.4 Å². The number of rotatable bonds is 5. The molecule has 1 aromatic heterocycles. The normalized spacial score (nSPS) is 10.9. The number of halogens is 1. The van der Waals surface area contributed by atoms with Gasteiger partial charge in [-0.05, 0) is 24.3 Å². The fourth-order valence-electron chi connectivity index (χ4n) is 2.13. The van der Waals surface area contributed by atoms with E-state index in [1.54, 1.807) is 18.2 Å². The first kappa shape index (κ1) is 16.2. The van der Waals surface area contributed by atoms with Gasteiger partial charge in [-0.15, -0.1) is 0 Å². The van der Waals surface area contributed by atoms with Gasteiger partial charge in [-0.3, -0.25) is 20.2 Å². The molecule has 0 aliphatic heterocycles. The molecule has 122 valence electrons. The number of fused-ring (bicyclic) bond motifs is 1. The van der Waals surface area contributed by atoms with Gasteiger partial charge in [0, 0.05) is 22.4 Å². The van der Waals surface area contributed by atoms with Crippen LogP contribution in [0.1, 0.15) is 5.56 Å². The molecule has 0 atom stereocenters. The van der Waals surface area contributed by atoms with Crippen LogP contribution >= 0.6 is 23.4 Å². The second-order valence-electron chi connectivity index (χ2n) is 4.82. The minimum Gasteiger partial charge on any atom is -0.333 e. The average Bonchev–Trinajstić information content (AvgIpc) is 2.94. The Balaban J connectivity index is 1.84. The van der Waals surface area contributed by atoms with Crippen LogP contribution < -0.4 is 0 Å². The summed E-state index contributed by atoms with van der Waals surface area (Å²) >= 11 is 7.18. The minimum atomic E-state index is -0.660. The van der Waals surface area contributed by atoms with Crippen LogP contribution in [0.3, 0.4) is 0 Å². The third kappa shape index (κ3) is 3.31. The van der Waals surface area contributed by atoms with Gasteiger partial charge in [-0.2, -0.15) is 0 Å². The van der Waals surface area contributed by atoms with Crippen molar-refractivity contribution in [3.8, 4) is 0 Å². The Morgan fingerprint density at radius 3 is 2.62 bits per heavy atom. The standard InChI is InChI=1S/C14H9ClN4O4S/c15-9-2-4-11-12(5-9)17-14(16-11)24-7-8-1-3-10(18(20)21)6-13(8)19(22)23/h1-6H,7H2,(H,16,17). The Morgan fingerprint density at radius 1 is 1.12 bits per heavy atom. The molecule has 0 bridgehead atoms. The van der Waals surface area contributed by atoms with Crippen LogP contribution in [0, 0.1) is 20.2 Å². The molecule has 3 aromatic rings. The van der Waals surface area contributed by atoms with E-state index in [0.717, 1.165) is 17.1 Å². The van der Waals surface area contributed by atoms with Gasteiger partial charge >= 0.3 is 0 Å². The van der Waals surface area contributed by atoms with Crippen molar-refractivity contribution in [2.75, 3.05) is 0 Å². The van der Waals surface area contributed by atoms with Crippen molar-refractivity contribution in [2.24, 2.45) is 0 Å². The van der Waals surface area contributed by atoms with Crippen LogP contribution in [-0.4, -0.2) is 19.8 Å². The molecule has 3 rings (SSSR count). The van der Waals surface area contributed by atoms with E-state index in [9.17, 15) is 20.2 Å². The van der Waals surface area contributed by atoms with Crippen molar-refractivity contribution in [3.63, 3.8) is 0 Å².